The van der Waals surface area contributed by atoms with Gasteiger partial charge in [0.1, 0.15) is 0 Å². The molecule has 0 aliphatic rings. The van der Waals surface area contributed by atoms with Crippen LogP contribution in [0.1, 0.15) is 31.2 Å². The van der Waals surface area contributed by atoms with Crippen LogP contribution >= 0.6 is 11.3 Å². The number of nitrogens with one attached hydrogen (secondary N) is 1. The largest absolute Gasteiger partial charge is 0.347 e. The Bertz CT molecular complexity index is 707. The summed E-state index contributed by atoms with van der Waals surface area (Å²) in [7, 11) is 0. The summed E-state index contributed by atoms with van der Waals surface area (Å²) >= 11 is 1.69. The first-order valence-electron chi connectivity index (χ1n) is 6.73. The van der Waals surface area contributed by atoms with Crippen molar-refractivity contribution in [2.24, 2.45) is 5.73 Å². The second kappa shape index (κ2) is 7.07. The minimum Gasteiger partial charge on any atom is -0.347 e. The van der Waals surface area contributed by atoms with Crippen molar-refractivity contribution >= 4 is 17.2 Å². The van der Waals surface area contributed by atoms with Crippen LogP contribution in [0.3, 0.4) is 0 Å². The molecule has 3 N–H and O–H groups in total. The monoisotopic (exact) mass is 298 g/mol. The number of amides is 1. The van der Waals surface area contributed by atoms with E-state index >= 15 is 0 Å². The van der Waals surface area contributed by atoms with Crippen molar-refractivity contribution in [3.63, 3.8) is 0 Å². The lowest BCUT2D eigenvalue weighted by atomic mass is 10.0. The molecular formula is C17H18N2OS. The molecule has 2 rings (SSSR count). The van der Waals surface area contributed by atoms with E-state index in [9.17, 15) is 4.79 Å². The molecule has 0 aliphatic heterocycles. The summed E-state index contributed by atoms with van der Waals surface area (Å²) in [5, 5.41) is 2.95. The normalized spacial score (nSPS) is 9.86. The fourth-order valence-corrected chi connectivity index (χ4v) is 2.77. The Labute approximate surface area is 129 Å². The van der Waals surface area contributed by atoms with E-state index in [-0.39, 0.29) is 5.91 Å². The lowest BCUT2D eigenvalue weighted by molar-refractivity contribution is 0.0950. The van der Waals surface area contributed by atoms with Crippen molar-refractivity contribution in [1.29, 1.82) is 0 Å². The van der Waals surface area contributed by atoms with Gasteiger partial charge < -0.3 is 11.1 Å². The van der Waals surface area contributed by atoms with Crippen LogP contribution in [0.25, 0.3) is 0 Å². The molecule has 0 spiro atoms. The second-order valence-corrected chi connectivity index (χ2v) is 6.10. The zero-order chi connectivity index (χ0) is 15.2. The van der Waals surface area contributed by atoms with E-state index in [4.69, 9.17) is 5.73 Å². The average molecular weight is 298 g/mol. The number of carbonyl (C=O) groups excluding carboxylic acids is 1. The van der Waals surface area contributed by atoms with Gasteiger partial charge in [-0.2, -0.15) is 0 Å². The van der Waals surface area contributed by atoms with Gasteiger partial charge in [0.25, 0.3) is 5.91 Å². The quantitative estimate of drug-likeness (QED) is 0.856. The fourth-order valence-electron chi connectivity index (χ4n) is 1.94. The molecule has 0 bridgehead atoms. The highest BCUT2D eigenvalue weighted by molar-refractivity contribution is 7.11. The second-order valence-electron chi connectivity index (χ2n) is 4.73. The van der Waals surface area contributed by atoms with E-state index < -0.39 is 0 Å². The smallest absolute Gasteiger partial charge is 0.251 e. The molecule has 0 fully saturated rings. The van der Waals surface area contributed by atoms with Gasteiger partial charge in [0, 0.05) is 20.9 Å². The SMILES string of the molecule is Cc1ccc(CNC(=O)c2cc(C#CCN)ccc2C)s1. The first-order chi connectivity index (χ1) is 10.1. The molecule has 0 atom stereocenters. The van der Waals surface area contributed by atoms with Crippen molar-refractivity contribution in [2.45, 2.75) is 20.4 Å². The maximum Gasteiger partial charge on any atom is 0.251 e. The summed E-state index contributed by atoms with van der Waals surface area (Å²) in [4.78, 5) is 14.7. The van der Waals surface area contributed by atoms with E-state index in [1.807, 2.05) is 31.2 Å². The van der Waals surface area contributed by atoms with Crippen molar-refractivity contribution in [3.8, 4) is 11.8 Å². The van der Waals surface area contributed by atoms with E-state index in [0.717, 1.165) is 16.0 Å². The first kappa shape index (κ1) is 15.3. The predicted molar refractivity (Wildman–Crippen MR) is 87.3 cm³/mol. The van der Waals surface area contributed by atoms with Gasteiger partial charge in [-0.25, -0.2) is 0 Å². The van der Waals surface area contributed by atoms with Crippen LogP contribution in [-0.4, -0.2) is 12.5 Å². The molecule has 3 nitrogen and oxygen atoms in total. The van der Waals surface area contributed by atoms with Crippen molar-refractivity contribution in [3.05, 3.63) is 56.8 Å². The Balaban J connectivity index is 2.10. The zero-order valence-electron chi connectivity index (χ0n) is 12.2. The summed E-state index contributed by atoms with van der Waals surface area (Å²) in [5.74, 6) is 5.68. The topological polar surface area (TPSA) is 55.1 Å². The highest BCUT2D eigenvalue weighted by Crippen LogP contribution is 2.15. The molecule has 21 heavy (non-hydrogen) atoms. The van der Waals surface area contributed by atoms with Gasteiger partial charge in [-0.3, -0.25) is 4.79 Å². The molecular weight excluding hydrogens is 280 g/mol. The third-order valence-electron chi connectivity index (χ3n) is 3.04. The molecule has 0 saturated carbocycles. The molecule has 1 heterocycles. The van der Waals surface area contributed by atoms with Crippen LogP contribution in [0.4, 0.5) is 0 Å². The van der Waals surface area contributed by atoms with E-state index in [2.05, 4.69) is 30.1 Å². The Kier molecular flexibility index (Phi) is 5.15. The number of hydrogen-bond donors (Lipinski definition) is 2. The minimum atomic E-state index is -0.0741. The van der Waals surface area contributed by atoms with Crippen molar-refractivity contribution < 1.29 is 4.79 Å². The van der Waals surface area contributed by atoms with Gasteiger partial charge in [0.15, 0.2) is 0 Å². The van der Waals surface area contributed by atoms with Crippen LogP contribution in [0.2, 0.25) is 0 Å². The third kappa shape index (κ3) is 4.19. The van der Waals surface area contributed by atoms with Gasteiger partial charge in [-0.15, -0.1) is 11.3 Å². The number of rotatable bonds is 3. The number of thiophene rings is 1. The highest BCUT2D eigenvalue weighted by atomic mass is 32.1. The molecule has 1 aromatic heterocycles. The Morgan fingerprint density at radius 1 is 1.29 bits per heavy atom. The highest BCUT2D eigenvalue weighted by Gasteiger charge is 2.09. The molecule has 1 aromatic carbocycles. The standard InChI is InChI=1S/C17H18N2OS/c1-12-5-7-14(4-3-9-18)10-16(12)17(20)19-11-15-8-6-13(2)21-15/h5-8,10H,9,11,18H2,1-2H3,(H,19,20). The molecule has 108 valence electrons. The Hall–Kier alpha value is -2.09. The summed E-state index contributed by atoms with van der Waals surface area (Å²) in [6, 6.07) is 9.71. The molecule has 2 aromatic rings. The lowest BCUT2D eigenvalue weighted by Gasteiger charge is -2.07. The maximum atomic E-state index is 12.3. The molecule has 1 amide bonds. The molecule has 0 radical (unpaired) electrons. The van der Waals surface area contributed by atoms with Crippen LogP contribution in [0.5, 0.6) is 0 Å². The molecule has 0 aliphatic carbocycles. The van der Waals surface area contributed by atoms with E-state index in [1.165, 1.54) is 4.88 Å². The van der Waals surface area contributed by atoms with Gasteiger partial charge in [0.05, 0.1) is 13.1 Å². The number of aryl methyl sites for hydroxylation is 2. The Morgan fingerprint density at radius 2 is 2.10 bits per heavy atom. The van der Waals surface area contributed by atoms with Gasteiger partial charge >= 0.3 is 0 Å². The Morgan fingerprint density at radius 3 is 2.76 bits per heavy atom. The molecule has 0 saturated heterocycles. The average Bonchev–Trinajstić information content (AvgIpc) is 2.89. The third-order valence-corrected chi connectivity index (χ3v) is 4.04. The maximum absolute atomic E-state index is 12.3. The van der Waals surface area contributed by atoms with Gasteiger partial charge in [0.2, 0.25) is 0 Å². The number of nitrogens with two attached hydrogens (primary N) is 1. The summed E-state index contributed by atoms with van der Waals surface area (Å²) in [6.07, 6.45) is 0. The number of hydrogen-bond acceptors (Lipinski definition) is 3. The zero-order valence-corrected chi connectivity index (χ0v) is 13.0. The van der Waals surface area contributed by atoms with Crippen molar-refractivity contribution in [2.75, 3.05) is 6.54 Å². The number of carbonyl (C=O) groups is 1. The van der Waals surface area contributed by atoms with Gasteiger partial charge in [-0.05, 0) is 43.7 Å². The van der Waals surface area contributed by atoms with Crippen molar-refractivity contribution in [1.82, 2.24) is 5.32 Å². The minimum absolute atomic E-state index is 0.0741. The number of benzene rings is 1. The van der Waals surface area contributed by atoms with E-state index in [0.29, 0.717) is 18.7 Å². The van der Waals surface area contributed by atoms with Crippen LogP contribution < -0.4 is 11.1 Å². The fraction of sp³-hybridized carbons (Fsp3) is 0.235. The van der Waals surface area contributed by atoms with Gasteiger partial charge in [-0.1, -0.05) is 17.9 Å². The predicted octanol–water partition coefficient (Wildman–Crippen LogP) is 2.61. The van der Waals surface area contributed by atoms with Crippen LogP contribution in [0.15, 0.2) is 30.3 Å². The lowest BCUT2D eigenvalue weighted by Crippen LogP contribution is -2.23. The summed E-state index contributed by atoms with van der Waals surface area (Å²) in [6.45, 7) is 4.84. The van der Waals surface area contributed by atoms with E-state index in [1.54, 1.807) is 11.3 Å². The van der Waals surface area contributed by atoms with Crippen LogP contribution in [-0.2, 0) is 6.54 Å². The summed E-state index contributed by atoms with van der Waals surface area (Å²) < 4.78 is 0. The first-order valence-corrected chi connectivity index (χ1v) is 7.55. The molecule has 0 unspecified atom stereocenters. The van der Waals surface area contributed by atoms with Crippen LogP contribution in [0, 0.1) is 25.7 Å². The molecule has 4 heteroatoms. The summed E-state index contributed by atoms with van der Waals surface area (Å²) in [5.41, 5.74) is 7.77.